The Labute approximate surface area is 243 Å². The lowest BCUT2D eigenvalue weighted by atomic mass is 9.91. The summed E-state index contributed by atoms with van der Waals surface area (Å²) >= 11 is 0. The number of carbonyl (C=O) groups is 1. The number of imidazole rings is 1. The molecule has 0 radical (unpaired) electrons. The molecule has 3 aromatic carbocycles. The Hall–Kier alpha value is -4.21. The number of aromatic nitrogens is 2. The molecule has 0 unspecified atom stereocenters. The van der Waals surface area contributed by atoms with Crippen LogP contribution in [0.4, 0.5) is 0 Å². The third-order valence-corrected chi connectivity index (χ3v) is 8.27. The van der Waals surface area contributed by atoms with Crippen molar-refractivity contribution in [2.75, 3.05) is 26.2 Å². The van der Waals surface area contributed by atoms with Gasteiger partial charge in [-0.15, -0.1) is 0 Å². The fraction of sp³-hybridized carbons (Fsp3) is 0.343. The van der Waals surface area contributed by atoms with Crippen LogP contribution in [0, 0.1) is 24.2 Å². The summed E-state index contributed by atoms with van der Waals surface area (Å²) in [4.78, 5) is 22.0. The number of aryl methyl sites for hydroxylation is 1. The van der Waals surface area contributed by atoms with Gasteiger partial charge in [-0.05, 0) is 61.1 Å². The summed E-state index contributed by atoms with van der Waals surface area (Å²) in [6, 6.07) is 31.7. The van der Waals surface area contributed by atoms with Gasteiger partial charge < -0.3 is 9.47 Å². The van der Waals surface area contributed by atoms with Crippen LogP contribution in [-0.2, 0) is 17.8 Å². The van der Waals surface area contributed by atoms with E-state index in [-0.39, 0.29) is 11.9 Å². The Kier molecular flexibility index (Phi) is 9.28. The van der Waals surface area contributed by atoms with Gasteiger partial charge in [0.2, 0.25) is 5.91 Å². The average Bonchev–Trinajstić information content (AvgIpc) is 3.35. The van der Waals surface area contributed by atoms with Crippen molar-refractivity contribution in [3.05, 3.63) is 125 Å². The highest BCUT2D eigenvalue weighted by molar-refractivity contribution is 5.73. The normalized spacial score (nSPS) is 15.5. The van der Waals surface area contributed by atoms with Crippen molar-refractivity contribution in [2.24, 2.45) is 5.92 Å². The molecule has 5 rings (SSSR count). The van der Waals surface area contributed by atoms with E-state index in [0.717, 1.165) is 56.0 Å². The number of rotatable bonds is 10. The van der Waals surface area contributed by atoms with Crippen LogP contribution in [0.15, 0.2) is 91.1 Å². The van der Waals surface area contributed by atoms with Gasteiger partial charge in [0.1, 0.15) is 5.82 Å². The van der Waals surface area contributed by atoms with Crippen LogP contribution in [0.1, 0.15) is 59.6 Å². The lowest BCUT2D eigenvalue weighted by Crippen LogP contribution is -2.44. The Morgan fingerprint density at radius 2 is 1.68 bits per heavy atom. The van der Waals surface area contributed by atoms with Crippen LogP contribution < -0.4 is 0 Å². The van der Waals surface area contributed by atoms with Crippen LogP contribution >= 0.6 is 0 Å². The predicted molar refractivity (Wildman–Crippen MR) is 162 cm³/mol. The Morgan fingerprint density at radius 1 is 1.02 bits per heavy atom. The minimum absolute atomic E-state index is 0.125. The molecular weight excluding hydrogens is 506 g/mol. The van der Waals surface area contributed by atoms with Gasteiger partial charge in [0.05, 0.1) is 17.7 Å². The van der Waals surface area contributed by atoms with Crippen LogP contribution in [0.2, 0.25) is 0 Å². The van der Waals surface area contributed by atoms with E-state index in [1.807, 2.05) is 42.3 Å². The summed E-state index contributed by atoms with van der Waals surface area (Å²) in [6.07, 6.45) is 4.95. The average molecular weight is 546 g/mol. The van der Waals surface area contributed by atoms with Crippen molar-refractivity contribution in [1.29, 1.82) is 5.26 Å². The molecule has 1 fully saturated rings. The second-order valence-electron chi connectivity index (χ2n) is 11.1. The Morgan fingerprint density at radius 3 is 2.29 bits per heavy atom. The van der Waals surface area contributed by atoms with Gasteiger partial charge in [0.15, 0.2) is 0 Å². The van der Waals surface area contributed by atoms with Crippen molar-refractivity contribution in [1.82, 2.24) is 19.4 Å². The number of amides is 1. The fourth-order valence-corrected chi connectivity index (χ4v) is 6.10. The van der Waals surface area contributed by atoms with Gasteiger partial charge in [-0.1, -0.05) is 72.8 Å². The van der Waals surface area contributed by atoms with Crippen molar-refractivity contribution >= 4 is 5.91 Å². The van der Waals surface area contributed by atoms with Crippen LogP contribution in [-0.4, -0.2) is 51.4 Å². The van der Waals surface area contributed by atoms with Crippen LogP contribution in [0.25, 0.3) is 0 Å². The molecule has 4 aromatic rings. The van der Waals surface area contributed by atoms with E-state index in [1.165, 1.54) is 11.1 Å². The Balaban J connectivity index is 1.26. The smallest absolute Gasteiger partial charge is 0.219 e. The maximum Gasteiger partial charge on any atom is 0.219 e. The molecule has 0 N–H and O–H groups in total. The summed E-state index contributed by atoms with van der Waals surface area (Å²) in [7, 11) is 0. The number of nitriles is 1. The maximum absolute atomic E-state index is 12.8. The quantitative estimate of drug-likeness (QED) is 0.245. The summed E-state index contributed by atoms with van der Waals surface area (Å²) in [5.74, 6) is 1.50. The summed E-state index contributed by atoms with van der Waals surface area (Å²) in [6.45, 7) is 7.87. The number of hydrogen-bond donors (Lipinski definition) is 0. The van der Waals surface area contributed by atoms with E-state index in [1.54, 1.807) is 6.92 Å². The molecule has 1 saturated heterocycles. The van der Waals surface area contributed by atoms with Crippen LogP contribution in [0.5, 0.6) is 0 Å². The highest BCUT2D eigenvalue weighted by Gasteiger charge is 2.29. The molecule has 1 aliphatic heterocycles. The molecule has 1 aliphatic rings. The second kappa shape index (κ2) is 13.4. The highest BCUT2D eigenvalue weighted by atomic mass is 16.2. The van der Waals surface area contributed by atoms with Gasteiger partial charge in [0, 0.05) is 51.4 Å². The fourth-order valence-electron chi connectivity index (χ4n) is 6.10. The van der Waals surface area contributed by atoms with E-state index in [2.05, 4.69) is 81.2 Å². The number of piperidine rings is 1. The molecule has 0 spiro atoms. The molecule has 1 amide bonds. The van der Waals surface area contributed by atoms with Gasteiger partial charge in [-0.3, -0.25) is 9.69 Å². The number of hydrogen-bond acceptors (Lipinski definition) is 4. The van der Waals surface area contributed by atoms with Crippen molar-refractivity contribution in [3.8, 4) is 6.07 Å². The molecule has 0 saturated carbocycles. The molecule has 0 bridgehead atoms. The monoisotopic (exact) mass is 545 g/mol. The zero-order chi connectivity index (χ0) is 28.6. The zero-order valence-electron chi connectivity index (χ0n) is 24.1. The molecule has 1 atom stereocenters. The van der Waals surface area contributed by atoms with Gasteiger partial charge >= 0.3 is 0 Å². The molecule has 6 nitrogen and oxygen atoms in total. The van der Waals surface area contributed by atoms with Crippen molar-refractivity contribution < 1.29 is 4.79 Å². The lowest BCUT2D eigenvalue weighted by Gasteiger charge is -2.40. The highest BCUT2D eigenvalue weighted by Crippen LogP contribution is 2.32. The number of carbonyl (C=O) groups excluding carboxylic acids is 1. The first-order valence-electron chi connectivity index (χ1n) is 14.6. The van der Waals surface area contributed by atoms with Crippen molar-refractivity contribution in [2.45, 2.75) is 45.7 Å². The standard InChI is InChI=1S/C35H39N5O/c1-27-37-23-34(40(27)26-30-17-15-29(22-36)16-18-30)19-21-38(28(2)41)24-31-10-9-20-39(25-31)35(32-11-5-3-6-12-32)33-13-7-4-8-14-33/h3-8,11-18,23,31,35H,9-10,19-21,24-26H2,1-2H3/t31-/m1/s1. The third-order valence-electron chi connectivity index (χ3n) is 8.27. The largest absolute Gasteiger partial charge is 0.342 e. The summed E-state index contributed by atoms with van der Waals surface area (Å²) < 4.78 is 2.21. The molecule has 0 aliphatic carbocycles. The second-order valence-corrected chi connectivity index (χ2v) is 11.1. The number of nitrogens with zero attached hydrogens (tertiary/aromatic N) is 5. The Bertz CT molecular complexity index is 1420. The minimum atomic E-state index is 0.125. The molecule has 2 heterocycles. The first kappa shape index (κ1) is 28.3. The van der Waals surface area contributed by atoms with Gasteiger partial charge in [-0.2, -0.15) is 5.26 Å². The van der Waals surface area contributed by atoms with E-state index in [0.29, 0.717) is 24.6 Å². The van der Waals surface area contributed by atoms with E-state index in [9.17, 15) is 4.79 Å². The maximum atomic E-state index is 12.8. The lowest BCUT2D eigenvalue weighted by molar-refractivity contribution is -0.129. The minimum Gasteiger partial charge on any atom is -0.342 e. The summed E-state index contributed by atoms with van der Waals surface area (Å²) in [5.41, 5.74) is 5.54. The van der Waals surface area contributed by atoms with E-state index in [4.69, 9.17) is 5.26 Å². The van der Waals surface area contributed by atoms with Crippen LogP contribution in [0.3, 0.4) is 0 Å². The van der Waals surface area contributed by atoms with Gasteiger partial charge in [-0.25, -0.2) is 4.98 Å². The number of benzene rings is 3. The molecule has 6 heteroatoms. The topological polar surface area (TPSA) is 65.2 Å². The molecule has 41 heavy (non-hydrogen) atoms. The SMILES string of the molecule is CC(=O)N(CCc1cnc(C)n1Cc1ccc(C#N)cc1)C[C@H]1CCCN(C(c2ccccc2)c2ccccc2)C1. The molecule has 210 valence electrons. The van der Waals surface area contributed by atoms with Crippen molar-refractivity contribution in [3.63, 3.8) is 0 Å². The summed E-state index contributed by atoms with van der Waals surface area (Å²) in [5, 5.41) is 9.10. The molecule has 1 aromatic heterocycles. The van der Waals surface area contributed by atoms with E-state index >= 15 is 0 Å². The predicted octanol–water partition coefficient (Wildman–Crippen LogP) is 6.00. The van der Waals surface area contributed by atoms with Gasteiger partial charge in [0.25, 0.3) is 0 Å². The molecular formula is C35H39N5O. The van der Waals surface area contributed by atoms with E-state index < -0.39 is 0 Å². The third kappa shape index (κ3) is 7.11. The number of likely N-dealkylation sites (tertiary alicyclic amines) is 1. The first-order valence-corrected chi connectivity index (χ1v) is 14.6. The first-order chi connectivity index (χ1) is 20.0. The zero-order valence-corrected chi connectivity index (χ0v) is 24.1.